The number of rotatable bonds is 4. The lowest BCUT2D eigenvalue weighted by Gasteiger charge is -2.16. The lowest BCUT2D eigenvalue weighted by Crippen LogP contribution is -2.31. The van der Waals surface area contributed by atoms with E-state index in [-0.39, 0.29) is 11.9 Å². The molecule has 2 aromatic carbocycles. The van der Waals surface area contributed by atoms with Crippen molar-refractivity contribution in [2.75, 3.05) is 13.1 Å². The van der Waals surface area contributed by atoms with E-state index in [0.717, 1.165) is 18.5 Å². The molecule has 0 aliphatic carbocycles. The van der Waals surface area contributed by atoms with E-state index >= 15 is 0 Å². The fourth-order valence-electron chi connectivity index (χ4n) is 2.61. The number of ether oxygens (including phenoxy) is 1. The minimum Gasteiger partial charge on any atom is -0.489 e. The molecule has 22 heavy (non-hydrogen) atoms. The Hall–Kier alpha value is -2.33. The van der Waals surface area contributed by atoms with E-state index in [1.807, 2.05) is 48.5 Å². The summed E-state index contributed by atoms with van der Waals surface area (Å²) in [6.07, 6.45) is 0.871. The average Bonchev–Trinajstić information content (AvgIpc) is 3.00. The van der Waals surface area contributed by atoms with E-state index in [2.05, 4.69) is 0 Å². The minimum absolute atomic E-state index is 0.0260. The van der Waals surface area contributed by atoms with Gasteiger partial charge in [-0.2, -0.15) is 0 Å². The summed E-state index contributed by atoms with van der Waals surface area (Å²) in [6, 6.07) is 17.4. The van der Waals surface area contributed by atoms with Gasteiger partial charge in [-0.3, -0.25) is 4.79 Å². The van der Waals surface area contributed by atoms with Crippen molar-refractivity contribution in [3.05, 3.63) is 65.7 Å². The molecular formula is C18H20N2O2. The summed E-state index contributed by atoms with van der Waals surface area (Å²) in [5.41, 5.74) is 7.62. The van der Waals surface area contributed by atoms with Crippen LogP contribution < -0.4 is 10.5 Å². The van der Waals surface area contributed by atoms with Gasteiger partial charge in [0.25, 0.3) is 5.91 Å². The van der Waals surface area contributed by atoms with Crippen LogP contribution in [0.3, 0.4) is 0 Å². The number of carbonyl (C=O) groups is 1. The largest absolute Gasteiger partial charge is 0.489 e. The van der Waals surface area contributed by atoms with Gasteiger partial charge in [-0.05, 0) is 30.2 Å². The molecule has 0 bridgehead atoms. The summed E-state index contributed by atoms with van der Waals surface area (Å²) in [6.45, 7) is 1.86. The second-order valence-corrected chi connectivity index (χ2v) is 5.60. The molecule has 3 rings (SSSR count). The molecule has 0 saturated carbocycles. The van der Waals surface area contributed by atoms with Gasteiger partial charge < -0.3 is 15.4 Å². The SMILES string of the molecule is N[C@H]1CCN(C(=O)c2cccc(OCc3ccccc3)c2)C1. The van der Waals surface area contributed by atoms with E-state index < -0.39 is 0 Å². The molecule has 4 heteroatoms. The van der Waals surface area contributed by atoms with Crippen molar-refractivity contribution in [3.63, 3.8) is 0 Å². The van der Waals surface area contributed by atoms with Gasteiger partial charge in [-0.15, -0.1) is 0 Å². The molecule has 0 spiro atoms. The predicted octanol–water partition coefficient (Wildman–Crippen LogP) is 2.44. The first-order valence-electron chi connectivity index (χ1n) is 7.54. The van der Waals surface area contributed by atoms with Crippen LogP contribution in [0.1, 0.15) is 22.3 Å². The molecule has 2 N–H and O–H groups in total. The zero-order chi connectivity index (χ0) is 15.4. The normalized spacial score (nSPS) is 17.5. The second-order valence-electron chi connectivity index (χ2n) is 5.60. The standard InChI is InChI=1S/C18H20N2O2/c19-16-9-10-20(12-16)18(21)15-7-4-8-17(11-15)22-13-14-5-2-1-3-6-14/h1-8,11,16H,9-10,12-13,19H2/t16-/m0/s1. The topological polar surface area (TPSA) is 55.6 Å². The van der Waals surface area contributed by atoms with Gasteiger partial charge in [0.2, 0.25) is 0 Å². The fourth-order valence-corrected chi connectivity index (χ4v) is 2.61. The van der Waals surface area contributed by atoms with Crippen LogP contribution in [0.15, 0.2) is 54.6 Å². The second kappa shape index (κ2) is 6.62. The Labute approximate surface area is 130 Å². The van der Waals surface area contributed by atoms with Crippen molar-refractivity contribution >= 4 is 5.91 Å². The number of hydrogen-bond acceptors (Lipinski definition) is 3. The smallest absolute Gasteiger partial charge is 0.254 e. The van der Waals surface area contributed by atoms with Crippen molar-refractivity contribution in [2.24, 2.45) is 5.73 Å². The van der Waals surface area contributed by atoms with Crippen LogP contribution in [0.5, 0.6) is 5.75 Å². The third kappa shape index (κ3) is 3.46. The van der Waals surface area contributed by atoms with E-state index in [1.54, 1.807) is 11.0 Å². The first-order valence-corrected chi connectivity index (χ1v) is 7.54. The third-order valence-electron chi connectivity index (χ3n) is 3.84. The average molecular weight is 296 g/mol. The van der Waals surface area contributed by atoms with E-state index in [4.69, 9.17) is 10.5 Å². The minimum atomic E-state index is 0.0260. The monoisotopic (exact) mass is 296 g/mol. The first kappa shape index (κ1) is 14.6. The number of nitrogens with zero attached hydrogens (tertiary/aromatic N) is 1. The highest BCUT2D eigenvalue weighted by Crippen LogP contribution is 2.18. The van der Waals surface area contributed by atoms with Gasteiger partial charge in [0.15, 0.2) is 0 Å². The number of likely N-dealkylation sites (tertiary alicyclic amines) is 1. The molecule has 1 saturated heterocycles. The van der Waals surface area contributed by atoms with Crippen molar-refractivity contribution in [1.82, 2.24) is 4.90 Å². The molecule has 114 valence electrons. The predicted molar refractivity (Wildman–Crippen MR) is 85.7 cm³/mol. The molecule has 1 amide bonds. The van der Waals surface area contributed by atoms with Gasteiger partial charge in [-0.25, -0.2) is 0 Å². The van der Waals surface area contributed by atoms with Crippen LogP contribution in [0, 0.1) is 0 Å². The van der Waals surface area contributed by atoms with Gasteiger partial charge in [0.1, 0.15) is 12.4 Å². The summed E-state index contributed by atoms with van der Waals surface area (Å²) in [4.78, 5) is 14.2. The highest BCUT2D eigenvalue weighted by molar-refractivity contribution is 5.94. The summed E-state index contributed by atoms with van der Waals surface area (Å²) < 4.78 is 5.77. The molecule has 0 radical (unpaired) electrons. The van der Waals surface area contributed by atoms with Crippen LogP contribution in [0.4, 0.5) is 0 Å². The molecule has 0 aromatic heterocycles. The summed E-state index contributed by atoms with van der Waals surface area (Å²) in [5, 5.41) is 0. The zero-order valence-corrected chi connectivity index (χ0v) is 12.4. The number of hydrogen-bond donors (Lipinski definition) is 1. The lowest BCUT2D eigenvalue weighted by molar-refractivity contribution is 0.0790. The maximum absolute atomic E-state index is 12.4. The molecule has 4 nitrogen and oxygen atoms in total. The molecule has 1 heterocycles. The van der Waals surface area contributed by atoms with Gasteiger partial charge in [0, 0.05) is 24.7 Å². The zero-order valence-electron chi connectivity index (χ0n) is 12.4. The number of benzene rings is 2. The molecular weight excluding hydrogens is 276 g/mol. The highest BCUT2D eigenvalue weighted by Gasteiger charge is 2.24. The third-order valence-corrected chi connectivity index (χ3v) is 3.84. The molecule has 1 aliphatic rings. The number of nitrogens with two attached hydrogens (primary N) is 1. The maximum Gasteiger partial charge on any atom is 0.254 e. The first-order chi connectivity index (χ1) is 10.7. The highest BCUT2D eigenvalue weighted by atomic mass is 16.5. The van der Waals surface area contributed by atoms with Crippen LogP contribution in [0.25, 0.3) is 0 Å². The quantitative estimate of drug-likeness (QED) is 0.943. The van der Waals surface area contributed by atoms with Crippen LogP contribution in [-0.4, -0.2) is 29.9 Å². The molecule has 0 unspecified atom stereocenters. The van der Waals surface area contributed by atoms with Crippen molar-refractivity contribution < 1.29 is 9.53 Å². The van der Waals surface area contributed by atoms with E-state index in [0.29, 0.717) is 24.5 Å². The summed E-state index contributed by atoms with van der Waals surface area (Å²) >= 11 is 0. The van der Waals surface area contributed by atoms with Crippen LogP contribution in [-0.2, 0) is 6.61 Å². The Kier molecular flexibility index (Phi) is 4.39. The van der Waals surface area contributed by atoms with E-state index in [1.165, 1.54) is 0 Å². The lowest BCUT2D eigenvalue weighted by atomic mass is 10.2. The number of carbonyl (C=O) groups excluding carboxylic acids is 1. The Balaban J connectivity index is 1.66. The van der Waals surface area contributed by atoms with Crippen LogP contribution in [0.2, 0.25) is 0 Å². The van der Waals surface area contributed by atoms with Gasteiger partial charge >= 0.3 is 0 Å². The Bertz CT molecular complexity index is 643. The molecule has 1 aliphatic heterocycles. The fraction of sp³-hybridized carbons (Fsp3) is 0.278. The Morgan fingerprint density at radius 2 is 2.00 bits per heavy atom. The van der Waals surface area contributed by atoms with Gasteiger partial charge in [-0.1, -0.05) is 36.4 Å². The van der Waals surface area contributed by atoms with Crippen molar-refractivity contribution in [1.29, 1.82) is 0 Å². The van der Waals surface area contributed by atoms with Crippen LogP contribution >= 0.6 is 0 Å². The van der Waals surface area contributed by atoms with Crippen molar-refractivity contribution in [2.45, 2.75) is 19.1 Å². The maximum atomic E-state index is 12.4. The summed E-state index contributed by atoms with van der Waals surface area (Å²) in [5.74, 6) is 0.733. The Morgan fingerprint density at radius 1 is 1.18 bits per heavy atom. The number of amides is 1. The summed E-state index contributed by atoms with van der Waals surface area (Å²) in [7, 11) is 0. The molecule has 1 atom stereocenters. The van der Waals surface area contributed by atoms with E-state index in [9.17, 15) is 4.79 Å². The molecule has 2 aromatic rings. The Morgan fingerprint density at radius 3 is 2.73 bits per heavy atom. The van der Waals surface area contributed by atoms with Gasteiger partial charge in [0.05, 0.1) is 0 Å². The molecule has 1 fully saturated rings. The van der Waals surface area contributed by atoms with Crippen molar-refractivity contribution in [3.8, 4) is 5.75 Å².